The minimum Gasteiger partial charge on any atom is -0.352 e. The number of carbonyl (C=O) groups excluding carboxylic acids is 2. The molecule has 0 aromatic carbocycles. The summed E-state index contributed by atoms with van der Waals surface area (Å²) in [6.45, 7) is 0.0103. The fraction of sp³-hybridized carbons (Fsp3) is 0.857. The molecular formula is C14H25ClN4O3S. The summed E-state index contributed by atoms with van der Waals surface area (Å²) in [5.41, 5.74) is 0. The molecule has 0 radical (unpaired) electrons. The second kappa shape index (κ2) is 11.5. The summed E-state index contributed by atoms with van der Waals surface area (Å²) >= 11 is 7.12. The molecule has 0 unspecified atom stereocenters. The average molecular weight is 365 g/mol. The van der Waals surface area contributed by atoms with Gasteiger partial charge in [-0.3, -0.25) is 4.79 Å². The molecule has 23 heavy (non-hydrogen) atoms. The first-order chi connectivity index (χ1) is 11.1. The lowest BCUT2D eigenvalue weighted by Gasteiger charge is -2.26. The zero-order valence-corrected chi connectivity index (χ0v) is 15.0. The van der Waals surface area contributed by atoms with E-state index in [2.05, 4.69) is 15.9 Å². The van der Waals surface area contributed by atoms with E-state index in [-0.39, 0.29) is 24.4 Å². The van der Waals surface area contributed by atoms with E-state index in [1.165, 1.54) is 6.42 Å². The molecule has 132 valence electrons. The predicted molar refractivity (Wildman–Crippen MR) is 93.6 cm³/mol. The zero-order valence-electron chi connectivity index (χ0n) is 13.4. The molecule has 1 aliphatic rings. The first kappa shape index (κ1) is 20.0. The van der Waals surface area contributed by atoms with Crippen molar-refractivity contribution in [3.05, 3.63) is 4.91 Å². The van der Waals surface area contributed by atoms with Crippen LogP contribution < -0.4 is 10.6 Å². The number of amides is 3. The molecule has 0 heterocycles. The molecule has 1 atom stereocenters. The molecule has 1 rings (SSSR count). The smallest absolute Gasteiger partial charge is 0.341 e. The maximum absolute atomic E-state index is 12.4. The minimum absolute atomic E-state index is 0.0103. The van der Waals surface area contributed by atoms with Crippen LogP contribution >= 0.6 is 23.4 Å². The molecule has 2 N–H and O–H groups in total. The molecule has 0 aromatic heterocycles. The normalized spacial score (nSPS) is 16.4. The average Bonchev–Trinajstić information content (AvgIpc) is 2.56. The van der Waals surface area contributed by atoms with Crippen LogP contribution in [0, 0.1) is 4.91 Å². The second-order valence-electron chi connectivity index (χ2n) is 5.52. The number of hydrogen-bond acceptors (Lipinski definition) is 5. The molecule has 7 nitrogen and oxygen atoms in total. The van der Waals surface area contributed by atoms with Gasteiger partial charge in [-0.25, -0.2) is 4.79 Å². The standard InChI is InChI=1S/C14H25ClN4O3S/c1-23-10-7-12(17-14(21)19(18-22)9-8-15)13(20)16-11-5-3-2-4-6-11/h11-12H,2-10H2,1H3,(H,16,20)(H,17,21)/t12-/m0/s1. The SMILES string of the molecule is CSCC[C@H](NC(=O)N(CCCl)N=O)C(=O)NC1CCCCC1. The lowest BCUT2D eigenvalue weighted by atomic mass is 9.95. The molecule has 0 saturated heterocycles. The third kappa shape index (κ3) is 7.39. The summed E-state index contributed by atoms with van der Waals surface area (Å²) in [5, 5.41) is 8.93. The Labute approximate surface area is 146 Å². The summed E-state index contributed by atoms with van der Waals surface area (Å²) in [4.78, 5) is 35.1. The van der Waals surface area contributed by atoms with Crippen molar-refractivity contribution in [1.29, 1.82) is 0 Å². The van der Waals surface area contributed by atoms with Gasteiger partial charge < -0.3 is 10.6 Å². The number of nitrogens with zero attached hydrogens (tertiary/aromatic N) is 2. The van der Waals surface area contributed by atoms with Gasteiger partial charge in [0.15, 0.2) is 0 Å². The number of rotatable bonds is 9. The Hall–Kier alpha value is -1.02. The van der Waals surface area contributed by atoms with E-state index in [4.69, 9.17) is 11.6 Å². The molecule has 1 saturated carbocycles. The van der Waals surface area contributed by atoms with Crippen molar-refractivity contribution in [1.82, 2.24) is 15.6 Å². The van der Waals surface area contributed by atoms with Gasteiger partial charge in [-0.2, -0.15) is 16.8 Å². The third-order valence-corrected chi connectivity index (χ3v) is 4.62. The van der Waals surface area contributed by atoms with Crippen LogP contribution in [-0.2, 0) is 4.79 Å². The Morgan fingerprint density at radius 1 is 1.35 bits per heavy atom. The molecule has 1 fully saturated rings. The summed E-state index contributed by atoms with van der Waals surface area (Å²) in [6, 6.07) is -1.19. The van der Waals surface area contributed by atoms with Crippen LogP contribution in [0.4, 0.5) is 4.79 Å². The van der Waals surface area contributed by atoms with Gasteiger partial charge in [0.05, 0.1) is 11.8 Å². The molecule has 0 aliphatic heterocycles. The zero-order chi connectivity index (χ0) is 17.1. The highest BCUT2D eigenvalue weighted by Crippen LogP contribution is 2.17. The quantitative estimate of drug-likeness (QED) is 0.373. The highest BCUT2D eigenvalue weighted by molar-refractivity contribution is 7.98. The van der Waals surface area contributed by atoms with Gasteiger partial charge in [-0.1, -0.05) is 19.3 Å². The van der Waals surface area contributed by atoms with Crippen LogP contribution in [0.2, 0.25) is 0 Å². The van der Waals surface area contributed by atoms with Crippen molar-refractivity contribution in [2.24, 2.45) is 5.29 Å². The molecule has 1 aliphatic carbocycles. The third-order valence-electron chi connectivity index (χ3n) is 3.81. The van der Waals surface area contributed by atoms with Crippen molar-refractivity contribution >= 4 is 35.3 Å². The van der Waals surface area contributed by atoms with Crippen LogP contribution in [0.25, 0.3) is 0 Å². The highest BCUT2D eigenvalue weighted by Gasteiger charge is 2.26. The first-order valence-corrected chi connectivity index (χ1v) is 9.81. The topological polar surface area (TPSA) is 90.9 Å². The van der Waals surface area contributed by atoms with Crippen LogP contribution in [0.15, 0.2) is 5.29 Å². The molecular weight excluding hydrogens is 340 g/mol. The van der Waals surface area contributed by atoms with Gasteiger partial charge in [0.25, 0.3) is 0 Å². The van der Waals surface area contributed by atoms with Gasteiger partial charge in [-0.05, 0) is 31.3 Å². The van der Waals surface area contributed by atoms with E-state index >= 15 is 0 Å². The van der Waals surface area contributed by atoms with Crippen LogP contribution in [0.1, 0.15) is 38.5 Å². The lowest BCUT2D eigenvalue weighted by Crippen LogP contribution is -2.52. The number of urea groups is 1. The fourth-order valence-corrected chi connectivity index (χ4v) is 3.17. The second-order valence-corrected chi connectivity index (χ2v) is 6.88. The number of halogens is 1. The van der Waals surface area contributed by atoms with Crippen LogP contribution in [-0.4, -0.2) is 53.5 Å². The summed E-state index contributed by atoms with van der Waals surface area (Å²) in [7, 11) is 0. The molecule has 9 heteroatoms. The van der Waals surface area contributed by atoms with Crippen LogP contribution in [0.5, 0.6) is 0 Å². The summed E-state index contributed by atoms with van der Waals surface area (Å²) in [6.07, 6.45) is 7.82. The molecule has 3 amide bonds. The Balaban J connectivity index is 2.60. The van der Waals surface area contributed by atoms with Gasteiger partial charge >= 0.3 is 6.03 Å². The van der Waals surface area contributed by atoms with Crippen molar-refractivity contribution in [2.45, 2.75) is 50.6 Å². The van der Waals surface area contributed by atoms with Crippen molar-refractivity contribution in [3.63, 3.8) is 0 Å². The highest BCUT2D eigenvalue weighted by atomic mass is 35.5. The largest absolute Gasteiger partial charge is 0.352 e. The molecule has 0 aromatic rings. The van der Waals surface area contributed by atoms with E-state index in [9.17, 15) is 14.5 Å². The monoisotopic (exact) mass is 364 g/mol. The summed E-state index contributed by atoms with van der Waals surface area (Å²) in [5.74, 6) is 0.631. The maximum atomic E-state index is 12.4. The van der Waals surface area contributed by atoms with E-state index < -0.39 is 12.1 Å². The van der Waals surface area contributed by atoms with Gasteiger partial charge in [-0.15, -0.1) is 16.5 Å². The Morgan fingerprint density at radius 3 is 2.61 bits per heavy atom. The Kier molecular flexibility index (Phi) is 10.0. The van der Waals surface area contributed by atoms with E-state index in [0.29, 0.717) is 11.4 Å². The minimum atomic E-state index is -0.689. The van der Waals surface area contributed by atoms with Crippen molar-refractivity contribution in [2.75, 3.05) is 24.4 Å². The van der Waals surface area contributed by atoms with Crippen molar-refractivity contribution < 1.29 is 9.59 Å². The van der Waals surface area contributed by atoms with Crippen LogP contribution in [0.3, 0.4) is 0 Å². The van der Waals surface area contributed by atoms with Gasteiger partial charge in [0.2, 0.25) is 5.91 Å². The lowest BCUT2D eigenvalue weighted by molar-refractivity contribution is -0.123. The maximum Gasteiger partial charge on any atom is 0.341 e. The number of thioether (sulfide) groups is 1. The van der Waals surface area contributed by atoms with Gasteiger partial charge in [0, 0.05) is 11.9 Å². The van der Waals surface area contributed by atoms with E-state index in [1.807, 2.05) is 6.26 Å². The number of carbonyl (C=O) groups is 2. The van der Waals surface area contributed by atoms with E-state index in [0.717, 1.165) is 31.4 Å². The van der Waals surface area contributed by atoms with E-state index in [1.54, 1.807) is 11.8 Å². The first-order valence-electron chi connectivity index (χ1n) is 7.89. The number of alkyl halides is 1. The molecule has 0 spiro atoms. The Bertz CT molecular complexity index is 394. The molecule has 0 bridgehead atoms. The van der Waals surface area contributed by atoms with Crippen molar-refractivity contribution in [3.8, 4) is 0 Å². The number of hydrogen-bond donors (Lipinski definition) is 2. The summed E-state index contributed by atoms with van der Waals surface area (Å²) < 4.78 is 0. The Morgan fingerprint density at radius 2 is 2.04 bits per heavy atom. The fourth-order valence-electron chi connectivity index (χ4n) is 2.54. The number of nitroso groups, excluding NO2 is 1. The number of nitrogens with one attached hydrogen (secondary N) is 2. The van der Waals surface area contributed by atoms with Gasteiger partial charge in [0.1, 0.15) is 6.04 Å². The predicted octanol–water partition coefficient (Wildman–Crippen LogP) is 2.49.